The summed E-state index contributed by atoms with van der Waals surface area (Å²) in [5, 5.41) is 0. The molecular formula is C15H22ClNO2S. The fourth-order valence-electron chi connectivity index (χ4n) is 2.63. The highest BCUT2D eigenvalue weighted by Crippen LogP contribution is 2.24. The van der Waals surface area contributed by atoms with Gasteiger partial charge in [-0.15, -0.1) is 11.6 Å². The van der Waals surface area contributed by atoms with E-state index in [9.17, 15) is 8.42 Å². The third kappa shape index (κ3) is 3.74. The Morgan fingerprint density at radius 1 is 1.30 bits per heavy atom. The van der Waals surface area contributed by atoms with Gasteiger partial charge in [0.15, 0.2) is 0 Å². The van der Waals surface area contributed by atoms with Crippen molar-refractivity contribution in [2.75, 3.05) is 12.4 Å². The molecule has 1 atom stereocenters. The Labute approximate surface area is 126 Å². The maximum Gasteiger partial charge on any atom is 0.240 e. The predicted octanol–water partition coefficient (Wildman–Crippen LogP) is 3.11. The van der Waals surface area contributed by atoms with Crippen LogP contribution in [0.4, 0.5) is 0 Å². The Morgan fingerprint density at radius 3 is 2.75 bits per heavy atom. The highest BCUT2D eigenvalue weighted by Gasteiger charge is 2.19. The lowest BCUT2D eigenvalue weighted by Crippen LogP contribution is -2.29. The number of benzene rings is 1. The fourth-order valence-corrected chi connectivity index (χ4v) is 4.11. The molecule has 0 aromatic heterocycles. The van der Waals surface area contributed by atoms with Crippen molar-refractivity contribution in [3.63, 3.8) is 0 Å². The third-order valence-corrected chi connectivity index (χ3v) is 5.68. The van der Waals surface area contributed by atoms with Crippen molar-refractivity contribution in [1.82, 2.24) is 4.72 Å². The van der Waals surface area contributed by atoms with Gasteiger partial charge in [0.1, 0.15) is 0 Å². The molecule has 1 aromatic rings. The smallest absolute Gasteiger partial charge is 0.211 e. The number of hydrogen-bond donors (Lipinski definition) is 1. The molecule has 1 aliphatic rings. The van der Waals surface area contributed by atoms with Crippen LogP contribution in [0.5, 0.6) is 0 Å². The molecule has 20 heavy (non-hydrogen) atoms. The molecule has 0 amide bonds. The van der Waals surface area contributed by atoms with E-state index in [0.29, 0.717) is 23.2 Å². The summed E-state index contributed by atoms with van der Waals surface area (Å²) < 4.78 is 27.3. The van der Waals surface area contributed by atoms with E-state index in [0.717, 1.165) is 32.1 Å². The number of halogens is 1. The van der Waals surface area contributed by atoms with Crippen LogP contribution in [0, 0.1) is 5.92 Å². The van der Waals surface area contributed by atoms with E-state index in [1.807, 2.05) is 12.1 Å². The summed E-state index contributed by atoms with van der Waals surface area (Å²) in [6, 6.07) is 5.50. The molecule has 0 bridgehead atoms. The zero-order valence-electron chi connectivity index (χ0n) is 11.9. The third-order valence-electron chi connectivity index (χ3n) is 4.04. The average molecular weight is 316 g/mol. The summed E-state index contributed by atoms with van der Waals surface area (Å²) in [5.41, 5.74) is 2.47. The molecule has 0 saturated carbocycles. The normalized spacial score (nSPS) is 16.1. The Kier molecular flexibility index (Phi) is 5.47. The number of rotatable bonds is 7. The van der Waals surface area contributed by atoms with Crippen LogP contribution in [0.3, 0.4) is 0 Å². The molecule has 0 aliphatic heterocycles. The second-order valence-electron chi connectivity index (χ2n) is 5.39. The van der Waals surface area contributed by atoms with E-state index in [1.165, 1.54) is 11.1 Å². The molecule has 1 aromatic carbocycles. The molecule has 1 unspecified atom stereocenters. The lowest BCUT2D eigenvalue weighted by molar-refractivity contribution is 0.481. The van der Waals surface area contributed by atoms with Crippen molar-refractivity contribution in [2.45, 2.75) is 43.9 Å². The Morgan fingerprint density at radius 2 is 2.05 bits per heavy atom. The highest BCUT2D eigenvalue weighted by molar-refractivity contribution is 7.89. The van der Waals surface area contributed by atoms with Crippen molar-refractivity contribution < 1.29 is 8.42 Å². The van der Waals surface area contributed by atoms with Crippen molar-refractivity contribution in [1.29, 1.82) is 0 Å². The summed E-state index contributed by atoms with van der Waals surface area (Å²) in [6.45, 7) is 2.52. The second kappa shape index (κ2) is 6.92. The van der Waals surface area contributed by atoms with Crippen LogP contribution < -0.4 is 4.72 Å². The fraction of sp³-hybridized carbons (Fsp3) is 0.600. The zero-order chi connectivity index (χ0) is 14.6. The van der Waals surface area contributed by atoms with Gasteiger partial charge in [-0.2, -0.15) is 0 Å². The lowest BCUT2D eigenvalue weighted by Gasteiger charge is -2.15. The maximum atomic E-state index is 12.3. The first kappa shape index (κ1) is 15.8. The first-order chi connectivity index (χ1) is 9.56. The van der Waals surface area contributed by atoms with E-state index in [4.69, 9.17) is 11.6 Å². The molecule has 0 heterocycles. The standard InChI is InChI=1S/C15H22ClNO2S/c1-2-12(8-9-16)11-17-20(18,19)15-7-6-13-4-3-5-14(13)10-15/h6-7,10,12,17H,2-5,8-9,11H2,1H3. The first-order valence-corrected chi connectivity index (χ1v) is 9.26. The zero-order valence-corrected chi connectivity index (χ0v) is 13.4. The molecule has 3 nitrogen and oxygen atoms in total. The van der Waals surface area contributed by atoms with Crippen LogP contribution in [0.25, 0.3) is 0 Å². The molecule has 1 N–H and O–H groups in total. The van der Waals surface area contributed by atoms with Crippen molar-refractivity contribution in [2.24, 2.45) is 5.92 Å². The van der Waals surface area contributed by atoms with E-state index in [-0.39, 0.29) is 0 Å². The predicted molar refractivity (Wildman–Crippen MR) is 82.8 cm³/mol. The van der Waals surface area contributed by atoms with Gasteiger partial charge in [-0.05, 0) is 54.9 Å². The Bertz CT molecular complexity index is 557. The van der Waals surface area contributed by atoms with Crippen molar-refractivity contribution in [3.8, 4) is 0 Å². The van der Waals surface area contributed by atoms with Gasteiger partial charge in [0.05, 0.1) is 4.90 Å². The molecule has 0 fully saturated rings. The molecule has 1 aliphatic carbocycles. The molecular weight excluding hydrogens is 294 g/mol. The van der Waals surface area contributed by atoms with Crippen LogP contribution in [-0.4, -0.2) is 20.8 Å². The number of fused-ring (bicyclic) bond motifs is 1. The van der Waals surface area contributed by atoms with Gasteiger partial charge in [-0.1, -0.05) is 19.4 Å². The van der Waals surface area contributed by atoms with Crippen LogP contribution in [0.15, 0.2) is 23.1 Å². The summed E-state index contributed by atoms with van der Waals surface area (Å²) in [4.78, 5) is 0.388. The monoisotopic (exact) mass is 315 g/mol. The van der Waals surface area contributed by atoms with Gasteiger partial charge in [-0.3, -0.25) is 0 Å². The Hall–Kier alpha value is -0.580. The summed E-state index contributed by atoms with van der Waals surface area (Å²) >= 11 is 5.73. The maximum absolute atomic E-state index is 12.3. The number of alkyl halides is 1. The minimum Gasteiger partial charge on any atom is -0.211 e. The van der Waals surface area contributed by atoms with Gasteiger partial charge in [0, 0.05) is 12.4 Å². The van der Waals surface area contributed by atoms with Crippen molar-refractivity contribution >= 4 is 21.6 Å². The van der Waals surface area contributed by atoms with Gasteiger partial charge < -0.3 is 0 Å². The Balaban J connectivity index is 2.06. The quantitative estimate of drug-likeness (QED) is 0.786. The van der Waals surface area contributed by atoms with Crippen molar-refractivity contribution in [3.05, 3.63) is 29.3 Å². The molecule has 5 heteroatoms. The first-order valence-electron chi connectivity index (χ1n) is 7.24. The van der Waals surface area contributed by atoms with Crippen LogP contribution in [0.1, 0.15) is 37.3 Å². The van der Waals surface area contributed by atoms with Crippen LogP contribution in [-0.2, 0) is 22.9 Å². The van der Waals surface area contributed by atoms with E-state index in [2.05, 4.69) is 11.6 Å². The molecule has 0 spiro atoms. The van der Waals surface area contributed by atoms with Gasteiger partial charge in [0.25, 0.3) is 0 Å². The number of hydrogen-bond acceptors (Lipinski definition) is 2. The van der Waals surface area contributed by atoms with Gasteiger partial charge in [-0.25, -0.2) is 13.1 Å². The minimum absolute atomic E-state index is 0.303. The second-order valence-corrected chi connectivity index (χ2v) is 7.53. The number of aryl methyl sites for hydroxylation is 2. The summed E-state index contributed by atoms with van der Waals surface area (Å²) in [7, 11) is -3.40. The highest BCUT2D eigenvalue weighted by atomic mass is 35.5. The largest absolute Gasteiger partial charge is 0.240 e. The summed E-state index contributed by atoms with van der Waals surface area (Å²) in [5.74, 6) is 0.871. The molecule has 2 rings (SSSR count). The topological polar surface area (TPSA) is 46.2 Å². The van der Waals surface area contributed by atoms with Crippen LogP contribution in [0.2, 0.25) is 0 Å². The minimum atomic E-state index is -3.40. The van der Waals surface area contributed by atoms with Crippen LogP contribution >= 0.6 is 11.6 Å². The number of nitrogens with one attached hydrogen (secondary N) is 1. The van der Waals surface area contributed by atoms with Gasteiger partial charge in [0.2, 0.25) is 10.0 Å². The van der Waals surface area contributed by atoms with E-state index in [1.54, 1.807) is 6.07 Å². The van der Waals surface area contributed by atoms with E-state index >= 15 is 0 Å². The lowest BCUT2D eigenvalue weighted by atomic mass is 10.0. The number of sulfonamides is 1. The van der Waals surface area contributed by atoms with E-state index < -0.39 is 10.0 Å². The van der Waals surface area contributed by atoms with Gasteiger partial charge >= 0.3 is 0 Å². The summed E-state index contributed by atoms with van der Waals surface area (Å²) in [6.07, 6.45) is 4.95. The average Bonchev–Trinajstić information content (AvgIpc) is 2.90. The molecule has 0 saturated heterocycles. The SMILES string of the molecule is CCC(CCCl)CNS(=O)(=O)c1ccc2c(c1)CCC2. The molecule has 0 radical (unpaired) electrons. The molecule has 112 valence electrons.